The van der Waals surface area contributed by atoms with E-state index in [1.165, 1.54) is 22.0 Å². The molecule has 0 saturated heterocycles. The zero-order valence-electron chi connectivity index (χ0n) is 23.8. The third-order valence-corrected chi connectivity index (χ3v) is 7.87. The molecule has 4 heterocycles. The third-order valence-electron chi connectivity index (χ3n) is 7.12. The monoisotopic (exact) mass is 591 g/mol. The van der Waals surface area contributed by atoms with Gasteiger partial charge in [-0.15, -0.1) is 0 Å². The molecule has 0 bridgehead atoms. The average molecular weight is 592 g/mol. The van der Waals surface area contributed by atoms with Gasteiger partial charge in [-0.25, -0.2) is 9.97 Å². The first-order valence-corrected chi connectivity index (χ1v) is 14.6. The van der Waals surface area contributed by atoms with Gasteiger partial charge >= 0.3 is 0 Å². The Morgan fingerprint density at radius 1 is 1.02 bits per heavy atom. The normalized spacial score (nSPS) is 11.9. The van der Waals surface area contributed by atoms with Gasteiger partial charge in [0.05, 0.1) is 29.3 Å². The number of aromatic nitrogens is 5. The van der Waals surface area contributed by atoms with Crippen LogP contribution < -0.4 is 26.9 Å². The van der Waals surface area contributed by atoms with Crippen molar-refractivity contribution in [2.45, 2.75) is 19.9 Å². The summed E-state index contributed by atoms with van der Waals surface area (Å²) in [6.45, 7) is 4.38. The molecule has 0 fully saturated rings. The molecule has 0 aliphatic heterocycles. The molecule has 43 heavy (non-hydrogen) atoms. The number of nitrogens with zero attached hydrogens (tertiary/aromatic N) is 5. The van der Waals surface area contributed by atoms with Gasteiger partial charge in [0.2, 0.25) is 11.5 Å². The van der Waals surface area contributed by atoms with E-state index in [9.17, 15) is 9.59 Å². The van der Waals surface area contributed by atoms with Crippen molar-refractivity contribution >= 4 is 33.9 Å². The van der Waals surface area contributed by atoms with E-state index >= 15 is 0 Å². The Hall–Kier alpha value is -5.29. The molecule has 6 rings (SSSR count). The number of para-hydroxylation sites is 1. The summed E-state index contributed by atoms with van der Waals surface area (Å²) < 4.78 is 8.78. The van der Waals surface area contributed by atoms with E-state index in [1.54, 1.807) is 30.1 Å². The lowest BCUT2D eigenvalue weighted by Crippen LogP contribution is -2.26. The van der Waals surface area contributed by atoms with E-state index in [2.05, 4.69) is 20.3 Å². The van der Waals surface area contributed by atoms with E-state index < -0.39 is 6.04 Å². The number of thiazole rings is 1. The zero-order valence-corrected chi connectivity index (χ0v) is 24.6. The number of nitrogens with one attached hydrogen (secondary N) is 1. The van der Waals surface area contributed by atoms with Crippen molar-refractivity contribution < 1.29 is 4.74 Å². The van der Waals surface area contributed by atoms with Crippen molar-refractivity contribution in [3.05, 3.63) is 111 Å². The Balaban J connectivity index is 1.51. The topological polar surface area (TPSA) is 130 Å². The van der Waals surface area contributed by atoms with E-state index in [1.807, 2.05) is 73.8 Å². The maximum atomic E-state index is 14.5. The second-order valence-electron chi connectivity index (χ2n) is 9.97. The molecule has 3 N–H and O–H groups in total. The lowest BCUT2D eigenvalue weighted by atomic mass is 9.98. The molecule has 0 unspecified atom stereocenters. The first-order valence-electron chi connectivity index (χ1n) is 13.7. The summed E-state index contributed by atoms with van der Waals surface area (Å²) in [6.07, 6.45) is 3.38. The Morgan fingerprint density at radius 3 is 2.60 bits per heavy atom. The second-order valence-corrected chi connectivity index (χ2v) is 10.8. The van der Waals surface area contributed by atoms with Crippen LogP contribution in [0.2, 0.25) is 0 Å². The lowest BCUT2D eigenvalue weighted by Gasteiger charge is -2.23. The SMILES string of the molecule is CCOc1nc(-c2cnc(N)nc2N[C@@H](C)c2cc3cccc(-c4ccc(=O)n(C)c4)c3c(=O)n2-c2ccccc2)cs1. The van der Waals surface area contributed by atoms with Crippen LogP contribution in [0.4, 0.5) is 11.8 Å². The number of nitrogen functional groups attached to an aromatic ring is 1. The number of benzene rings is 2. The summed E-state index contributed by atoms with van der Waals surface area (Å²) >= 11 is 1.39. The average Bonchev–Trinajstić information content (AvgIpc) is 3.47. The molecule has 0 aliphatic rings. The minimum absolute atomic E-state index is 0.111. The van der Waals surface area contributed by atoms with Crippen LogP contribution in [0.5, 0.6) is 5.19 Å². The summed E-state index contributed by atoms with van der Waals surface area (Å²) in [5.74, 6) is 0.596. The van der Waals surface area contributed by atoms with Gasteiger partial charge in [0.15, 0.2) is 0 Å². The highest BCUT2D eigenvalue weighted by atomic mass is 32.1. The lowest BCUT2D eigenvalue weighted by molar-refractivity contribution is 0.338. The number of rotatable bonds is 8. The molecule has 0 aliphatic carbocycles. The van der Waals surface area contributed by atoms with Gasteiger partial charge in [-0.1, -0.05) is 47.7 Å². The highest BCUT2D eigenvalue weighted by molar-refractivity contribution is 7.11. The van der Waals surface area contributed by atoms with E-state index in [-0.39, 0.29) is 17.1 Å². The zero-order chi connectivity index (χ0) is 30.1. The Morgan fingerprint density at radius 2 is 1.84 bits per heavy atom. The van der Waals surface area contributed by atoms with Crippen LogP contribution in [0.1, 0.15) is 25.6 Å². The standard InChI is InChI=1S/C32H29N7O3S/c1-4-42-32-36-25(18-43-32)24-16-34-31(33)37-29(24)35-19(2)26-15-20-9-8-12-23(21-13-14-27(40)38(3)17-21)28(20)30(41)39(26)22-10-6-5-7-11-22/h5-19H,4H2,1-3H3,(H3,33,34,35,37)/t19-/m0/s1. The van der Waals surface area contributed by atoms with Crippen LogP contribution in [0.3, 0.4) is 0 Å². The van der Waals surface area contributed by atoms with Crippen molar-refractivity contribution in [3.8, 4) is 33.3 Å². The summed E-state index contributed by atoms with van der Waals surface area (Å²) in [5, 5.41) is 7.22. The first kappa shape index (κ1) is 27.9. The molecule has 10 nitrogen and oxygen atoms in total. The van der Waals surface area contributed by atoms with E-state index in [0.29, 0.717) is 34.3 Å². The number of ether oxygens (including phenoxy) is 1. The molecule has 11 heteroatoms. The number of fused-ring (bicyclic) bond motifs is 1. The number of aryl methyl sites for hydroxylation is 1. The number of nitrogens with two attached hydrogens (primary N) is 1. The molecule has 216 valence electrons. The van der Waals surface area contributed by atoms with Gasteiger partial charge in [-0.3, -0.25) is 14.2 Å². The molecule has 2 aromatic carbocycles. The molecule has 0 spiro atoms. The van der Waals surface area contributed by atoms with Gasteiger partial charge in [0.25, 0.3) is 10.8 Å². The van der Waals surface area contributed by atoms with Gasteiger partial charge < -0.3 is 20.4 Å². The van der Waals surface area contributed by atoms with Crippen molar-refractivity contribution in [2.24, 2.45) is 7.05 Å². The van der Waals surface area contributed by atoms with Gasteiger partial charge in [0.1, 0.15) is 5.82 Å². The van der Waals surface area contributed by atoms with Gasteiger partial charge in [-0.2, -0.15) is 4.98 Å². The van der Waals surface area contributed by atoms with Crippen molar-refractivity contribution in [1.82, 2.24) is 24.1 Å². The fourth-order valence-corrected chi connectivity index (χ4v) is 5.81. The summed E-state index contributed by atoms with van der Waals surface area (Å²) in [4.78, 5) is 39.8. The number of hydrogen-bond donors (Lipinski definition) is 2. The highest BCUT2D eigenvalue weighted by Crippen LogP contribution is 2.34. The molecule has 0 saturated carbocycles. The predicted molar refractivity (Wildman–Crippen MR) is 171 cm³/mol. The minimum atomic E-state index is -0.392. The summed E-state index contributed by atoms with van der Waals surface area (Å²) in [6, 6.07) is 20.1. The molecule has 1 atom stereocenters. The van der Waals surface area contributed by atoms with E-state index in [4.69, 9.17) is 10.5 Å². The number of pyridine rings is 2. The van der Waals surface area contributed by atoms with Gasteiger partial charge in [0, 0.05) is 42.3 Å². The molecule has 6 aromatic rings. The minimum Gasteiger partial charge on any atom is -0.470 e. The largest absolute Gasteiger partial charge is 0.470 e. The molecule has 4 aromatic heterocycles. The highest BCUT2D eigenvalue weighted by Gasteiger charge is 2.21. The van der Waals surface area contributed by atoms with Crippen molar-refractivity contribution in [1.29, 1.82) is 0 Å². The van der Waals surface area contributed by atoms with Crippen LogP contribution in [0, 0.1) is 0 Å². The van der Waals surface area contributed by atoms with Crippen LogP contribution in [-0.4, -0.2) is 30.7 Å². The van der Waals surface area contributed by atoms with Crippen molar-refractivity contribution in [3.63, 3.8) is 0 Å². The Labute approximate surface area is 251 Å². The quantitative estimate of drug-likeness (QED) is 0.240. The third kappa shape index (κ3) is 5.38. The summed E-state index contributed by atoms with van der Waals surface area (Å²) in [7, 11) is 1.70. The predicted octanol–water partition coefficient (Wildman–Crippen LogP) is 5.42. The van der Waals surface area contributed by atoms with Crippen LogP contribution in [0.25, 0.3) is 38.8 Å². The van der Waals surface area contributed by atoms with Crippen molar-refractivity contribution in [2.75, 3.05) is 17.7 Å². The maximum absolute atomic E-state index is 14.5. The number of hydrogen-bond acceptors (Lipinski definition) is 9. The van der Waals surface area contributed by atoms with Gasteiger partial charge in [-0.05, 0) is 54.6 Å². The van der Waals surface area contributed by atoms with E-state index in [0.717, 1.165) is 27.9 Å². The fourth-order valence-electron chi connectivity index (χ4n) is 5.08. The number of anilines is 2. The molecule has 0 radical (unpaired) electrons. The Kier molecular flexibility index (Phi) is 7.47. The molecular formula is C32H29N7O3S. The maximum Gasteiger partial charge on any atom is 0.273 e. The van der Waals surface area contributed by atoms with Crippen LogP contribution in [0.15, 0.2) is 94.1 Å². The molecule has 0 amide bonds. The Bertz CT molecular complexity index is 2070. The van der Waals surface area contributed by atoms with Crippen LogP contribution in [-0.2, 0) is 7.05 Å². The second kappa shape index (κ2) is 11.5. The smallest absolute Gasteiger partial charge is 0.273 e. The fraction of sp³-hybridized carbons (Fsp3) is 0.156. The first-order chi connectivity index (χ1) is 20.8. The van der Waals surface area contributed by atoms with Crippen LogP contribution >= 0.6 is 11.3 Å². The molecular weight excluding hydrogens is 562 g/mol. The summed E-state index contributed by atoms with van der Waals surface area (Å²) in [5.41, 5.74) is 9.98.